The Hall–Kier alpha value is -6.30. The van der Waals surface area contributed by atoms with Crippen molar-refractivity contribution in [2.24, 2.45) is 0 Å². The third-order valence-corrected chi connectivity index (χ3v) is 8.75. The molecule has 51 heavy (non-hydrogen) atoms. The third-order valence-electron chi connectivity index (χ3n) is 8.75. The second-order valence-electron chi connectivity index (χ2n) is 12.5. The highest BCUT2D eigenvalue weighted by atomic mass is 16.6. The van der Waals surface area contributed by atoms with Gasteiger partial charge in [0, 0.05) is 41.5 Å². The van der Waals surface area contributed by atoms with Crippen LogP contribution in [0.3, 0.4) is 0 Å². The van der Waals surface area contributed by atoms with E-state index in [4.69, 9.17) is 28.4 Å². The topological polar surface area (TPSA) is 158 Å². The fourth-order valence-corrected chi connectivity index (χ4v) is 7.35. The number of carbonyl (C=O) groups excluding carboxylic acids is 6. The highest BCUT2D eigenvalue weighted by Gasteiger charge is 2.39. The van der Waals surface area contributed by atoms with Crippen molar-refractivity contribution >= 4 is 35.8 Å². The molecule has 0 amide bonds. The smallest absolute Gasteiger partial charge is 0.308 e. The van der Waals surface area contributed by atoms with E-state index in [0.717, 1.165) is 66.8 Å². The normalized spacial score (nSPS) is 12.4. The number of carbonyl (C=O) groups is 6. The van der Waals surface area contributed by atoms with Crippen LogP contribution in [0.25, 0.3) is 33.4 Å². The van der Waals surface area contributed by atoms with Gasteiger partial charge in [0.2, 0.25) is 0 Å². The summed E-state index contributed by atoms with van der Waals surface area (Å²) < 4.78 is 32.9. The molecule has 0 saturated heterocycles. The first-order chi connectivity index (χ1) is 24.2. The van der Waals surface area contributed by atoms with E-state index in [2.05, 4.69) is 0 Å². The number of ether oxygens (including phenoxy) is 6. The van der Waals surface area contributed by atoms with Gasteiger partial charge in [0.05, 0.1) is 0 Å². The Morgan fingerprint density at radius 1 is 0.353 bits per heavy atom. The fraction of sp³-hybridized carbons (Fsp3) is 0.231. The molecule has 4 aromatic rings. The molecule has 7 rings (SSSR count). The number of esters is 6. The van der Waals surface area contributed by atoms with E-state index >= 15 is 0 Å². The molecular weight excluding hydrogens is 660 g/mol. The predicted molar refractivity (Wildman–Crippen MR) is 179 cm³/mol. The summed E-state index contributed by atoms with van der Waals surface area (Å²) in [4.78, 5) is 72.5. The molecule has 258 valence electrons. The quantitative estimate of drug-likeness (QED) is 0.149. The molecule has 0 radical (unpaired) electrons. The van der Waals surface area contributed by atoms with Gasteiger partial charge in [0.1, 0.15) is 0 Å². The van der Waals surface area contributed by atoms with Crippen molar-refractivity contribution in [3.63, 3.8) is 0 Å². The van der Waals surface area contributed by atoms with Crippen molar-refractivity contribution in [2.45, 2.75) is 60.8 Å². The number of hydrogen-bond donors (Lipinski definition) is 0. The van der Waals surface area contributed by atoms with Gasteiger partial charge in [-0.25, -0.2) is 0 Å². The molecule has 12 nitrogen and oxygen atoms in total. The lowest BCUT2D eigenvalue weighted by Gasteiger charge is -2.18. The zero-order valence-corrected chi connectivity index (χ0v) is 28.5. The summed E-state index contributed by atoms with van der Waals surface area (Å²) in [5.74, 6) is -3.02. The molecule has 0 N–H and O–H groups in total. The van der Waals surface area contributed by atoms with E-state index in [0.29, 0.717) is 19.3 Å². The van der Waals surface area contributed by atoms with E-state index in [1.54, 1.807) is 36.4 Å². The minimum atomic E-state index is -0.598. The molecule has 3 aliphatic carbocycles. The van der Waals surface area contributed by atoms with Gasteiger partial charge >= 0.3 is 35.8 Å². The van der Waals surface area contributed by atoms with Crippen molar-refractivity contribution in [1.29, 1.82) is 0 Å². The standard InChI is InChI=1S/C39H30O12/c1-16(40)46-31-10-22-7-28-37(25(22)13-34(31)49-19(4)43)29-8-23-11-32(47-17(2)41)36(51-21(6)45)15-27(23)39(29)30-9-24-12-33(48-18(3)42)35(50-20(5)44)14-26(24)38(28)30/h10-15H,7-9H2,1-6H3. The summed E-state index contributed by atoms with van der Waals surface area (Å²) in [6.45, 7) is 7.53. The van der Waals surface area contributed by atoms with Gasteiger partial charge in [-0.1, -0.05) is 0 Å². The van der Waals surface area contributed by atoms with Crippen molar-refractivity contribution < 1.29 is 57.2 Å². The molecule has 12 heteroatoms. The second-order valence-corrected chi connectivity index (χ2v) is 12.5. The zero-order valence-electron chi connectivity index (χ0n) is 28.5. The fourth-order valence-electron chi connectivity index (χ4n) is 7.35. The van der Waals surface area contributed by atoms with Crippen LogP contribution in [0.15, 0.2) is 36.4 Å². The highest BCUT2D eigenvalue weighted by Crippen LogP contribution is 2.59. The molecule has 0 heterocycles. The molecule has 0 aliphatic heterocycles. The lowest BCUT2D eigenvalue weighted by molar-refractivity contribution is -0.134. The van der Waals surface area contributed by atoms with E-state index in [-0.39, 0.29) is 34.5 Å². The van der Waals surface area contributed by atoms with E-state index in [1.807, 2.05) is 0 Å². The number of rotatable bonds is 6. The SMILES string of the molecule is CC(=O)Oc1cc2c(cc1OC(C)=O)-c1c(c3c(c4c1Cc1cc(OC(C)=O)c(OC(C)=O)cc1-4)Cc1cc(OC(C)=O)c(OC(C)=O)cc1-3)C2. The van der Waals surface area contributed by atoms with E-state index < -0.39 is 35.8 Å². The maximum atomic E-state index is 12.1. The van der Waals surface area contributed by atoms with Crippen LogP contribution >= 0.6 is 0 Å². The first kappa shape index (κ1) is 33.2. The average molecular weight is 691 g/mol. The summed E-state index contributed by atoms with van der Waals surface area (Å²) in [5, 5.41) is 0. The molecule has 3 aliphatic rings. The molecule has 0 bridgehead atoms. The minimum Gasteiger partial charge on any atom is -0.423 e. The van der Waals surface area contributed by atoms with Crippen molar-refractivity contribution in [3.05, 3.63) is 69.8 Å². The van der Waals surface area contributed by atoms with Gasteiger partial charge in [-0.2, -0.15) is 0 Å². The molecule has 4 aromatic carbocycles. The molecule has 0 spiro atoms. The Bertz CT molecular complexity index is 2040. The average Bonchev–Trinajstić information content (AvgIpc) is 3.66. The Balaban J connectivity index is 1.53. The molecule has 0 aromatic heterocycles. The summed E-state index contributed by atoms with van der Waals surface area (Å²) in [5.41, 5.74) is 10.1. The van der Waals surface area contributed by atoms with Gasteiger partial charge in [0.15, 0.2) is 34.5 Å². The lowest BCUT2D eigenvalue weighted by atomic mass is 9.86. The van der Waals surface area contributed by atoms with Gasteiger partial charge < -0.3 is 28.4 Å². The summed E-state index contributed by atoms with van der Waals surface area (Å²) in [7, 11) is 0. The van der Waals surface area contributed by atoms with E-state index in [9.17, 15) is 28.8 Å². The van der Waals surface area contributed by atoms with Crippen LogP contribution in [0.4, 0.5) is 0 Å². The van der Waals surface area contributed by atoms with Gasteiger partial charge in [-0.3, -0.25) is 28.8 Å². The first-order valence-electron chi connectivity index (χ1n) is 16.0. The van der Waals surface area contributed by atoms with Crippen LogP contribution < -0.4 is 28.4 Å². The van der Waals surface area contributed by atoms with Crippen molar-refractivity contribution in [1.82, 2.24) is 0 Å². The second kappa shape index (κ2) is 12.2. The van der Waals surface area contributed by atoms with Crippen LogP contribution in [0.1, 0.15) is 74.9 Å². The van der Waals surface area contributed by atoms with E-state index in [1.165, 1.54) is 41.5 Å². The number of hydrogen-bond acceptors (Lipinski definition) is 12. The van der Waals surface area contributed by atoms with Crippen molar-refractivity contribution in [3.8, 4) is 67.9 Å². The zero-order chi connectivity index (χ0) is 36.5. The van der Waals surface area contributed by atoms with Crippen LogP contribution in [0.5, 0.6) is 34.5 Å². The summed E-state index contributed by atoms with van der Waals surface area (Å²) in [6, 6.07) is 10.1. The maximum Gasteiger partial charge on any atom is 0.308 e. The monoisotopic (exact) mass is 690 g/mol. The molecule has 0 atom stereocenters. The molecular formula is C39H30O12. The Morgan fingerprint density at radius 3 is 0.745 bits per heavy atom. The largest absolute Gasteiger partial charge is 0.423 e. The van der Waals surface area contributed by atoms with Crippen LogP contribution in [0, 0.1) is 0 Å². The summed E-state index contributed by atoms with van der Waals surface area (Å²) >= 11 is 0. The van der Waals surface area contributed by atoms with Crippen LogP contribution in [-0.2, 0) is 48.0 Å². The van der Waals surface area contributed by atoms with Crippen LogP contribution in [-0.4, -0.2) is 35.8 Å². The first-order valence-corrected chi connectivity index (χ1v) is 16.0. The minimum absolute atomic E-state index is 0.0758. The van der Waals surface area contributed by atoms with Crippen molar-refractivity contribution in [2.75, 3.05) is 0 Å². The summed E-state index contributed by atoms with van der Waals surface area (Å²) in [6.07, 6.45) is 1.24. The highest BCUT2D eigenvalue weighted by molar-refractivity contribution is 6.02. The predicted octanol–water partition coefficient (Wildman–Crippen LogP) is 5.95. The Kier molecular flexibility index (Phi) is 7.97. The van der Waals surface area contributed by atoms with Gasteiger partial charge in [-0.05, 0) is 122 Å². The Labute approximate surface area is 291 Å². The Morgan fingerprint density at radius 2 is 0.549 bits per heavy atom. The third kappa shape index (κ3) is 5.88. The van der Waals surface area contributed by atoms with Gasteiger partial charge in [-0.15, -0.1) is 0 Å². The van der Waals surface area contributed by atoms with Gasteiger partial charge in [0.25, 0.3) is 0 Å². The number of fused-ring (bicyclic) bond motifs is 12. The maximum absolute atomic E-state index is 12.1. The van der Waals surface area contributed by atoms with Crippen LogP contribution in [0.2, 0.25) is 0 Å². The number of benzene rings is 4. The lowest BCUT2D eigenvalue weighted by Crippen LogP contribution is -2.07. The molecule has 0 fully saturated rings. The molecule has 0 saturated carbocycles. The molecule has 0 unspecified atom stereocenters.